The van der Waals surface area contributed by atoms with Crippen molar-refractivity contribution in [3.05, 3.63) is 70.4 Å². The Morgan fingerprint density at radius 3 is 1.94 bits per heavy atom. The number of benzene rings is 2. The number of hydrogen-bond acceptors (Lipinski definition) is 25. The van der Waals surface area contributed by atoms with Crippen molar-refractivity contribution in [1.29, 1.82) is 0 Å². The van der Waals surface area contributed by atoms with Gasteiger partial charge in [0.1, 0.15) is 78.1 Å². The zero-order valence-electron chi connectivity index (χ0n) is 45.4. The number of carboxylic acid groups (broad SMARTS) is 1. The molecule has 0 unspecified atom stereocenters. The number of anilines is 2. The van der Waals surface area contributed by atoms with E-state index in [-0.39, 0.29) is 36.5 Å². The van der Waals surface area contributed by atoms with Gasteiger partial charge in [0.15, 0.2) is 25.0 Å². The number of nitrogens with zero attached hydrogens (tertiary/aromatic N) is 6. The topological polar surface area (TPSA) is 458 Å². The molecule has 4 aromatic rings. The van der Waals surface area contributed by atoms with Crippen LogP contribution in [0.25, 0.3) is 22.2 Å². The van der Waals surface area contributed by atoms with Crippen LogP contribution in [0.1, 0.15) is 54.9 Å². The summed E-state index contributed by atoms with van der Waals surface area (Å²) in [6.45, 7) is 3.64. The van der Waals surface area contributed by atoms with Crippen molar-refractivity contribution in [2.45, 2.75) is 167 Å². The maximum atomic E-state index is 15.5. The number of halogens is 1. The molecule has 10 rings (SSSR count). The molecule has 0 bridgehead atoms. The minimum atomic E-state index is -1.85. The van der Waals surface area contributed by atoms with Crippen molar-refractivity contribution >= 4 is 34.2 Å². The van der Waals surface area contributed by atoms with Crippen LogP contribution in [-0.4, -0.2) is 234 Å². The van der Waals surface area contributed by atoms with E-state index in [1.807, 2.05) is 11.1 Å². The zero-order valence-corrected chi connectivity index (χ0v) is 45.4. The second-order valence-electron chi connectivity index (χ2n) is 22.4. The van der Waals surface area contributed by atoms with Gasteiger partial charge in [-0.2, -0.15) is 0 Å². The number of hydrogen-bond donors (Lipinski definition) is 14. The number of rotatable bonds is 20. The van der Waals surface area contributed by atoms with Gasteiger partial charge in [-0.25, -0.2) is 9.18 Å². The summed E-state index contributed by atoms with van der Waals surface area (Å²) in [6.07, 6.45) is -14.9. The SMILES string of the molecule is NC[C@@H]1O[C@@H](O[C@H]2[C@@H](O)[C@H](O[C@@H]3[C@@H](O)[C@H](N)C[C@H](N)[C@H]3O[C@H]3O[C@H](CN)[C@@H](O)[C@H](O)[C@H]3N)O[C@@H]2C(=O)Nc2ccc(-c3cn(CCCCCN4CCN(c5cc6c(cc5F)c(=O)c(C(=O)O)cn6C5CC5)CC4)nn3)cc2)[C@H](N)[C@@H](O)[C@@H]1O. The fourth-order valence-electron chi connectivity index (χ4n) is 11.6. The molecule has 2 aromatic carbocycles. The second kappa shape index (κ2) is 25.7. The number of aromatic nitrogens is 4. The Labute approximate surface area is 475 Å². The van der Waals surface area contributed by atoms with E-state index in [2.05, 4.69) is 20.5 Å². The van der Waals surface area contributed by atoms with Crippen molar-refractivity contribution in [3.8, 4) is 11.3 Å². The zero-order chi connectivity index (χ0) is 59.1. The number of carbonyl (C=O) groups is 2. The van der Waals surface area contributed by atoms with E-state index in [0.717, 1.165) is 51.7 Å². The Morgan fingerprint density at radius 1 is 0.711 bits per heavy atom. The highest BCUT2D eigenvalue weighted by Gasteiger charge is 2.56. The number of amides is 1. The average Bonchev–Trinajstić information content (AvgIpc) is 3.98. The Morgan fingerprint density at radius 2 is 1.33 bits per heavy atom. The highest BCUT2D eigenvalue weighted by molar-refractivity contribution is 5.95. The number of carbonyl (C=O) groups excluding carboxylic acids is 1. The molecular weight excluding hydrogens is 1090 g/mol. The van der Waals surface area contributed by atoms with Gasteiger partial charge in [-0.05, 0) is 62.9 Å². The Bertz CT molecular complexity index is 2950. The van der Waals surface area contributed by atoms with E-state index in [9.17, 15) is 50.1 Å². The third-order valence-corrected chi connectivity index (χ3v) is 16.7. The predicted molar refractivity (Wildman–Crippen MR) is 291 cm³/mol. The monoisotopic (exact) mass is 1170 g/mol. The molecule has 2 aliphatic carbocycles. The smallest absolute Gasteiger partial charge is 0.341 e. The van der Waals surface area contributed by atoms with Crippen molar-refractivity contribution < 1.29 is 78.1 Å². The normalized spacial score (nSPS) is 35.2. The summed E-state index contributed by atoms with van der Waals surface area (Å²) in [5.41, 5.74) is 38.2. The molecule has 83 heavy (non-hydrogen) atoms. The van der Waals surface area contributed by atoms with Crippen LogP contribution in [0, 0.1) is 5.82 Å². The van der Waals surface area contributed by atoms with Crippen molar-refractivity contribution in [1.82, 2.24) is 24.5 Å². The number of aromatic carboxylic acids is 1. The minimum Gasteiger partial charge on any atom is -0.477 e. The number of aliphatic hydroxyl groups is 6. The molecule has 2 saturated carbocycles. The van der Waals surface area contributed by atoms with Gasteiger partial charge in [-0.3, -0.25) is 19.2 Å². The van der Waals surface area contributed by atoms with Gasteiger partial charge in [0.05, 0.1) is 35.6 Å². The molecule has 4 saturated heterocycles. The summed E-state index contributed by atoms with van der Waals surface area (Å²) in [4.78, 5) is 43.3. The number of nitrogens with one attached hydrogen (secondary N) is 1. The van der Waals surface area contributed by atoms with E-state index >= 15 is 4.39 Å². The molecule has 6 fully saturated rings. The minimum absolute atomic E-state index is 0.00940. The lowest BCUT2D eigenvalue weighted by Gasteiger charge is -2.47. The highest BCUT2D eigenvalue weighted by Crippen LogP contribution is 2.39. The first-order valence-corrected chi connectivity index (χ1v) is 28.1. The first-order valence-electron chi connectivity index (χ1n) is 28.1. The van der Waals surface area contributed by atoms with Crippen LogP contribution in [0.3, 0.4) is 0 Å². The van der Waals surface area contributed by atoms with E-state index < -0.39 is 139 Å². The average molecular weight is 1170 g/mol. The van der Waals surface area contributed by atoms with Crippen molar-refractivity contribution in [2.24, 2.45) is 34.4 Å². The van der Waals surface area contributed by atoms with Gasteiger partial charge in [-0.1, -0.05) is 23.8 Å². The summed E-state index contributed by atoms with van der Waals surface area (Å²) in [6, 6.07) is 4.95. The third-order valence-electron chi connectivity index (χ3n) is 16.7. The van der Waals surface area contributed by atoms with Crippen LogP contribution in [-0.2, 0) is 39.8 Å². The van der Waals surface area contributed by atoms with Crippen molar-refractivity contribution in [2.75, 3.05) is 56.0 Å². The quantitative estimate of drug-likeness (QED) is 0.0371. The second-order valence-corrected chi connectivity index (χ2v) is 22.4. The predicted octanol–water partition coefficient (Wildman–Crippen LogP) is -4.51. The number of aryl methyl sites for hydroxylation is 1. The molecule has 0 radical (unpaired) electrons. The van der Waals surface area contributed by atoms with Crippen LogP contribution in [0.5, 0.6) is 0 Å². The lowest BCUT2D eigenvalue weighted by molar-refractivity contribution is -0.306. The Balaban J connectivity index is 0.738. The maximum absolute atomic E-state index is 15.5. The summed E-state index contributed by atoms with van der Waals surface area (Å²) >= 11 is 0. The number of pyridine rings is 1. The van der Waals surface area contributed by atoms with E-state index in [1.165, 1.54) is 12.3 Å². The van der Waals surface area contributed by atoms with E-state index in [4.69, 9.17) is 62.8 Å². The number of aliphatic hydroxyl groups excluding tert-OH is 6. The lowest BCUT2D eigenvalue weighted by atomic mass is 9.84. The number of carboxylic acids is 1. The van der Waals surface area contributed by atoms with Gasteiger partial charge in [0.2, 0.25) is 5.43 Å². The molecular formula is C53H76FN13O16. The van der Waals surface area contributed by atoms with Crippen LogP contribution < -0.4 is 50.0 Å². The Kier molecular flexibility index (Phi) is 18.9. The molecule has 0 spiro atoms. The van der Waals surface area contributed by atoms with Crippen LogP contribution in [0.15, 0.2) is 53.6 Å². The molecule has 6 heterocycles. The summed E-state index contributed by atoms with van der Waals surface area (Å²) < 4.78 is 55.2. The number of fused-ring (bicyclic) bond motifs is 1. The van der Waals surface area contributed by atoms with Crippen LogP contribution >= 0.6 is 0 Å². The number of unbranched alkanes of at least 4 members (excludes halogenated alkanes) is 2. The Hall–Kier alpha value is -5.30. The summed E-state index contributed by atoms with van der Waals surface area (Å²) in [5, 5.41) is 86.8. The first-order chi connectivity index (χ1) is 39.7. The van der Waals surface area contributed by atoms with Gasteiger partial charge in [0.25, 0.3) is 5.91 Å². The standard InChI is InChI=1S/C53H76FN13O16/c54-28-16-26-32(67(25-8-9-25)21-27(38(26)68)50(76)77)18-33(28)65-14-12-64(13-15-65)10-2-1-3-11-66-22-31(62-63-66)23-4-6-24(7-5-23)61-49(75)48-47(81-52-37(60)43(73)41(71)35(20-56)79-52)44(74)53(83-48)82-46-39(69)29(57)17-30(58)45(46)80-51-36(59)42(72)40(70)34(19-55)78-51/h4-7,16,18,21-22,25,29-30,34-37,39-48,51-53,69-74H,1-3,8-15,17,19-20,55-60H2,(H,61,75)(H,76,77)/t29-,30+,34-,35+,36-,37-,39+,40-,41-,42-,43-,44-,45-,46-,47+,48+,51-,52+,53-/m1/s1. The molecule has 456 valence electrons. The van der Waals surface area contributed by atoms with Gasteiger partial charge >= 0.3 is 5.97 Å². The van der Waals surface area contributed by atoms with E-state index in [1.54, 1.807) is 39.6 Å². The fraction of sp³-hybridized carbons (Fsp3) is 0.642. The molecule has 2 aromatic heterocycles. The lowest BCUT2D eigenvalue weighted by Crippen LogP contribution is -2.68. The van der Waals surface area contributed by atoms with Gasteiger partial charge in [-0.15, -0.1) is 5.10 Å². The first kappa shape index (κ1) is 60.8. The molecule has 30 heteroatoms. The molecule has 20 N–H and O–H groups in total. The molecule has 1 amide bonds. The third kappa shape index (κ3) is 12.8. The number of nitrogens with two attached hydrogens (primary N) is 6. The molecule has 4 aliphatic heterocycles. The van der Waals surface area contributed by atoms with Crippen molar-refractivity contribution in [3.63, 3.8) is 0 Å². The van der Waals surface area contributed by atoms with Crippen LogP contribution in [0.2, 0.25) is 0 Å². The highest BCUT2D eigenvalue weighted by atomic mass is 19.1. The maximum Gasteiger partial charge on any atom is 0.341 e. The number of piperazine rings is 1. The van der Waals surface area contributed by atoms with Crippen LogP contribution in [0.4, 0.5) is 15.8 Å². The number of ether oxygens (including phenoxy) is 6. The van der Waals surface area contributed by atoms with Gasteiger partial charge < -0.3 is 113 Å². The fourth-order valence-corrected chi connectivity index (χ4v) is 11.6. The molecule has 6 aliphatic rings. The van der Waals surface area contributed by atoms with E-state index in [0.29, 0.717) is 47.8 Å². The van der Waals surface area contributed by atoms with Gasteiger partial charge in [0, 0.05) is 86.8 Å². The summed E-state index contributed by atoms with van der Waals surface area (Å²) in [5.74, 6) is -2.72. The molecule has 19 atom stereocenters. The largest absolute Gasteiger partial charge is 0.477 e. The summed E-state index contributed by atoms with van der Waals surface area (Å²) in [7, 11) is 0. The molecule has 29 nitrogen and oxygen atoms in total.